The van der Waals surface area contributed by atoms with Crippen LogP contribution >= 0.6 is 12.4 Å². The normalized spacial score (nSPS) is 16.9. The smallest absolute Gasteiger partial charge is 0.272 e. The molecule has 4 rings (SSSR count). The molecule has 2 aromatic rings. The number of halogens is 1. The summed E-state index contributed by atoms with van der Waals surface area (Å²) in [5.74, 6) is -0.136. The van der Waals surface area contributed by atoms with Gasteiger partial charge in [0.2, 0.25) is 0 Å². The molecule has 1 aromatic carbocycles. The first kappa shape index (κ1) is 20.8. The second-order valence-electron chi connectivity index (χ2n) is 7.08. The number of fused-ring (bicyclic) bond motifs is 1. The molecule has 1 saturated heterocycles. The number of carbonyl (C=O) groups excluding carboxylic acids is 1. The van der Waals surface area contributed by atoms with Crippen LogP contribution in [0.1, 0.15) is 45.7 Å². The van der Waals surface area contributed by atoms with E-state index in [0.29, 0.717) is 31.5 Å². The fourth-order valence-corrected chi connectivity index (χ4v) is 3.49. The standard InChI is InChI=1S/C20H26N4O3.ClH/c25-20(19-17-12-21-8-5-18(17)23-24-19)22-11-14-1-3-15(4-2-14)13-27-16-6-9-26-10-7-16;/h1-4,16,21H,5-13H2,(H,22,25)(H,23,24);1H. The van der Waals surface area contributed by atoms with Gasteiger partial charge in [-0.25, -0.2) is 0 Å². The van der Waals surface area contributed by atoms with Crippen LogP contribution in [0.2, 0.25) is 0 Å². The van der Waals surface area contributed by atoms with Crippen LogP contribution in [0, 0.1) is 0 Å². The van der Waals surface area contributed by atoms with Crippen molar-refractivity contribution in [1.29, 1.82) is 0 Å². The average Bonchev–Trinajstić information content (AvgIpc) is 3.16. The highest BCUT2D eigenvalue weighted by atomic mass is 35.5. The molecule has 0 spiro atoms. The van der Waals surface area contributed by atoms with Gasteiger partial charge in [-0.1, -0.05) is 24.3 Å². The van der Waals surface area contributed by atoms with E-state index in [4.69, 9.17) is 9.47 Å². The summed E-state index contributed by atoms with van der Waals surface area (Å²) >= 11 is 0. The summed E-state index contributed by atoms with van der Waals surface area (Å²) in [5, 5.41) is 13.4. The number of rotatable bonds is 6. The third-order valence-corrected chi connectivity index (χ3v) is 5.15. The van der Waals surface area contributed by atoms with Gasteiger partial charge in [-0.15, -0.1) is 12.4 Å². The average molecular weight is 407 g/mol. The molecule has 3 N–H and O–H groups in total. The Bertz CT molecular complexity index is 772. The van der Waals surface area contributed by atoms with Crippen LogP contribution in [-0.4, -0.2) is 42.0 Å². The number of hydrogen-bond donors (Lipinski definition) is 3. The molecule has 0 bridgehead atoms. The highest BCUT2D eigenvalue weighted by molar-refractivity contribution is 5.94. The molecule has 3 heterocycles. The number of amides is 1. The lowest BCUT2D eigenvalue weighted by Crippen LogP contribution is -2.28. The number of nitrogens with zero attached hydrogens (tertiary/aromatic N) is 1. The SMILES string of the molecule is Cl.O=C(NCc1ccc(COC2CCOCC2)cc1)c1n[nH]c2c1CNCC2. The maximum atomic E-state index is 12.4. The fourth-order valence-electron chi connectivity index (χ4n) is 3.49. The van der Waals surface area contributed by atoms with Crippen LogP contribution in [-0.2, 0) is 35.6 Å². The molecule has 0 unspecified atom stereocenters. The largest absolute Gasteiger partial charge is 0.381 e. The number of aromatic nitrogens is 2. The Hall–Kier alpha value is -1.93. The fraction of sp³-hybridized carbons (Fsp3) is 0.500. The molecule has 0 saturated carbocycles. The topological polar surface area (TPSA) is 88.3 Å². The number of aromatic amines is 1. The van der Waals surface area contributed by atoms with E-state index in [1.165, 1.54) is 0 Å². The van der Waals surface area contributed by atoms with Crippen molar-refractivity contribution >= 4 is 18.3 Å². The van der Waals surface area contributed by atoms with E-state index in [1.54, 1.807) is 0 Å². The lowest BCUT2D eigenvalue weighted by Gasteiger charge is -2.22. The zero-order valence-electron chi connectivity index (χ0n) is 15.8. The molecular weight excluding hydrogens is 380 g/mol. The number of nitrogens with one attached hydrogen (secondary N) is 3. The summed E-state index contributed by atoms with van der Waals surface area (Å²) in [6.45, 7) is 4.28. The third-order valence-electron chi connectivity index (χ3n) is 5.15. The Kier molecular flexibility index (Phi) is 7.44. The first-order valence-electron chi connectivity index (χ1n) is 9.62. The van der Waals surface area contributed by atoms with Crippen molar-refractivity contribution in [3.63, 3.8) is 0 Å². The highest BCUT2D eigenvalue weighted by Gasteiger charge is 2.21. The maximum Gasteiger partial charge on any atom is 0.272 e. The molecule has 0 atom stereocenters. The van der Waals surface area contributed by atoms with Gasteiger partial charge in [-0.3, -0.25) is 9.89 Å². The first-order valence-corrected chi connectivity index (χ1v) is 9.62. The van der Waals surface area contributed by atoms with Crippen molar-refractivity contribution in [3.8, 4) is 0 Å². The van der Waals surface area contributed by atoms with E-state index in [0.717, 1.165) is 61.4 Å². The quantitative estimate of drug-likeness (QED) is 0.683. The molecule has 7 nitrogen and oxygen atoms in total. The molecule has 0 aliphatic carbocycles. The van der Waals surface area contributed by atoms with Crippen molar-refractivity contribution in [3.05, 3.63) is 52.3 Å². The van der Waals surface area contributed by atoms with Gasteiger partial charge in [0.1, 0.15) is 0 Å². The lowest BCUT2D eigenvalue weighted by molar-refractivity contribution is -0.0390. The third kappa shape index (κ3) is 5.11. The number of ether oxygens (including phenoxy) is 2. The van der Waals surface area contributed by atoms with Crippen LogP contribution in [0.4, 0.5) is 0 Å². The van der Waals surface area contributed by atoms with Gasteiger partial charge < -0.3 is 20.1 Å². The van der Waals surface area contributed by atoms with E-state index < -0.39 is 0 Å². The summed E-state index contributed by atoms with van der Waals surface area (Å²) in [6.07, 6.45) is 3.12. The van der Waals surface area contributed by atoms with E-state index in [2.05, 4.69) is 33.0 Å². The zero-order valence-corrected chi connectivity index (χ0v) is 16.6. The van der Waals surface area contributed by atoms with Crippen LogP contribution < -0.4 is 10.6 Å². The van der Waals surface area contributed by atoms with Gasteiger partial charge in [0.05, 0.1) is 12.7 Å². The molecule has 2 aliphatic heterocycles. The second-order valence-corrected chi connectivity index (χ2v) is 7.08. The Morgan fingerprint density at radius 2 is 1.96 bits per heavy atom. The van der Waals surface area contributed by atoms with E-state index in [9.17, 15) is 4.79 Å². The minimum atomic E-state index is -0.136. The maximum absolute atomic E-state index is 12.4. The lowest BCUT2D eigenvalue weighted by atomic mass is 10.1. The summed E-state index contributed by atoms with van der Waals surface area (Å²) < 4.78 is 11.3. The highest BCUT2D eigenvalue weighted by Crippen LogP contribution is 2.16. The number of carbonyl (C=O) groups is 1. The van der Waals surface area contributed by atoms with Crippen molar-refractivity contribution in [2.24, 2.45) is 0 Å². The molecule has 1 amide bonds. The van der Waals surface area contributed by atoms with Crippen LogP contribution in [0.15, 0.2) is 24.3 Å². The zero-order chi connectivity index (χ0) is 18.5. The predicted molar refractivity (Wildman–Crippen MR) is 107 cm³/mol. The van der Waals surface area contributed by atoms with Gasteiger partial charge in [0, 0.05) is 50.5 Å². The Labute approximate surface area is 171 Å². The minimum absolute atomic E-state index is 0. The van der Waals surface area contributed by atoms with Gasteiger partial charge in [-0.2, -0.15) is 5.10 Å². The Balaban J connectivity index is 0.00000225. The van der Waals surface area contributed by atoms with Gasteiger partial charge >= 0.3 is 0 Å². The summed E-state index contributed by atoms with van der Waals surface area (Å²) in [6, 6.07) is 8.18. The van der Waals surface area contributed by atoms with Crippen LogP contribution in [0.25, 0.3) is 0 Å². The summed E-state index contributed by atoms with van der Waals surface area (Å²) in [4.78, 5) is 12.4. The molecule has 1 fully saturated rings. The minimum Gasteiger partial charge on any atom is -0.381 e. The molecule has 152 valence electrons. The van der Waals surface area contributed by atoms with Crippen molar-refractivity contribution in [1.82, 2.24) is 20.8 Å². The molecule has 0 radical (unpaired) electrons. The van der Waals surface area contributed by atoms with Crippen molar-refractivity contribution < 1.29 is 14.3 Å². The number of H-pyrrole nitrogens is 1. The van der Waals surface area contributed by atoms with Crippen molar-refractivity contribution in [2.45, 2.75) is 45.1 Å². The molecule has 1 aromatic heterocycles. The predicted octanol–water partition coefficient (Wildman–Crippen LogP) is 2.10. The second kappa shape index (κ2) is 10.0. The summed E-state index contributed by atoms with van der Waals surface area (Å²) in [7, 11) is 0. The van der Waals surface area contributed by atoms with E-state index >= 15 is 0 Å². The van der Waals surface area contributed by atoms with E-state index in [-0.39, 0.29) is 18.3 Å². The Morgan fingerprint density at radius 1 is 1.21 bits per heavy atom. The molecule has 28 heavy (non-hydrogen) atoms. The Morgan fingerprint density at radius 3 is 2.75 bits per heavy atom. The van der Waals surface area contributed by atoms with Crippen molar-refractivity contribution in [2.75, 3.05) is 19.8 Å². The van der Waals surface area contributed by atoms with E-state index in [1.807, 2.05) is 12.1 Å². The number of hydrogen-bond acceptors (Lipinski definition) is 5. The van der Waals surface area contributed by atoms with Gasteiger partial charge in [0.25, 0.3) is 5.91 Å². The summed E-state index contributed by atoms with van der Waals surface area (Å²) in [5.41, 5.74) is 4.75. The van der Waals surface area contributed by atoms with Crippen LogP contribution in [0.5, 0.6) is 0 Å². The monoisotopic (exact) mass is 406 g/mol. The molecule has 8 heteroatoms. The first-order chi connectivity index (χ1) is 13.3. The number of benzene rings is 1. The van der Waals surface area contributed by atoms with Crippen LogP contribution in [0.3, 0.4) is 0 Å². The van der Waals surface area contributed by atoms with Gasteiger partial charge in [-0.05, 0) is 24.0 Å². The molecular formula is C20H27ClN4O3. The molecule has 2 aliphatic rings. The van der Waals surface area contributed by atoms with Gasteiger partial charge in [0.15, 0.2) is 5.69 Å².